The van der Waals surface area contributed by atoms with E-state index in [0.29, 0.717) is 0 Å². The predicted molar refractivity (Wildman–Crippen MR) is 75.3 cm³/mol. The lowest BCUT2D eigenvalue weighted by atomic mass is 10.1. The molecule has 19 heteroatoms. The second-order valence-corrected chi connectivity index (χ2v) is 5.28. The Morgan fingerprint density at radius 3 is 1.60 bits per heavy atom. The molecule has 168 valence electrons. The van der Waals surface area contributed by atoms with Crippen molar-refractivity contribution in [3.05, 3.63) is 32.4 Å². The van der Waals surface area contributed by atoms with Crippen molar-refractivity contribution in [2.24, 2.45) is 4.99 Å². The van der Waals surface area contributed by atoms with Crippen LogP contribution in [0, 0.1) is 20.2 Å². The summed E-state index contributed by atoms with van der Waals surface area (Å²) >= 11 is 4.66. The molecule has 30 heavy (non-hydrogen) atoms. The first kappa shape index (κ1) is 25.1. The minimum atomic E-state index is -6.89. The van der Waals surface area contributed by atoms with Crippen LogP contribution in [-0.2, 0) is 0 Å². The summed E-state index contributed by atoms with van der Waals surface area (Å²) in [5.74, 6) is -14.9. The highest BCUT2D eigenvalue weighted by Gasteiger charge is 2.75. The summed E-state index contributed by atoms with van der Waals surface area (Å²) in [5, 5.41) is 18.9. The van der Waals surface area contributed by atoms with Crippen LogP contribution < -0.4 is 4.74 Å². The maximum Gasteiger partial charge on any atom is 0.573 e. The van der Waals surface area contributed by atoms with E-state index in [1.165, 1.54) is 0 Å². The van der Waals surface area contributed by atoms with Crippen molar-refractivity contribution >= 4 is 33.8 Å². The smallest absolute Gasteiger partial charge is 0.405 e. The molecule has 0 saturated heterocycles. The molecular formula is C11H2ClF10N3O5. The number of benzene rings is 1. The van der Waals surface area contributed by atoms with Crippen molar-refractivity contribution in [1.29, 1.82) is 0 Å². The van der Waals surface area contributed by atoms with E-state index in [9.17, 15) is 64.1 Å². The van der Waals surface area contributed by atoms with Crippen molar-refractivity contribution in [3.8, 4) is 5.75 Å². The van der Waals surface area contributed by atoms with E-state index in [1.807, 2.05) is 0 Å². The Morgan fingerprint density at radius 1 is 0.900 bits per heavy atom. The lowest BCUT2D eigenvalue weighted by molar-refractivity contribution is -0.392. The van der Waals surface area contributed by atoms with Gasteiger partial charge in [0.25, 0.3) is 0 Å². The molecule has 1 rings (SSSR count). The van der Waals surface area contributed by atoms with Crippen LogP contribution in [-0.4, -0.2) is 39.4 Å². The monoisotopic (exact) mass is 481 g/mol. The van der Waals surface area contributed by atoms with E-state index in [-0.39, 0.29) is 12.1 Å². The van der Waals surface area contributed by atoms with Crippen LogP contribution >= 0.6 is 11.6 Å². The Bertz CT molecular complexity index is 864. The Morgan fingerprint density at radius 2 is 1.30 bits per heavy atom. The lowest BCUT2D eigenvalue weighted by Crippen LogP contribution is -2.54. The van der Waals surface area contributed by atoms with Crippen LogP contribution in [0.2, 0.25) is 0 Å². The number of nitro benzene ring substituents is 2. The summed E-state index contributed by atoms with van der Waals surface area (Å²) < 4.78 is 129. The summed E-state index contributed by atoms with van der Waals surface area (Å²) in [6, 6.07) is -0.465. The van der Waals surface area contributed by atoms with Gasteiger partial charge in [-0.05, 0) is 0 Å². The zero-order valence-corrected chi connectivity index (χ0v) is 14.0. The zero-order chi connectivity index (χ0) is 23.9. The highest BCUT2D eigenvalue weighted by Crippen LogP contribution is 2.49. The molecule has 0 N–H and O–H groups in total. The summed E-state index contributed by atoms with van der Waals surface area (Å²) in [6.07, 6.45) is -12.4. The molecule has 1 aromatic rings. The Labute approximate surface area is 161 Å². The van der Waals surface area contributed by atoms with Gasteiger partial charge in [-0.2, -0.15) is 30.7 Å². The van der Waals surface area contributed by atoms with Gasteiger partial charge in [-0.25, -0.2) is 4.99 Å². The Hall–Kier alpha value is -2.92. The molecule has 0 heterocycles. The Kier molecular flexibility index (Phi) is 6.47. The van der Waals surface area contributed by atoms with Gasteiger partial charge in [0, 0.05) is 0 Å². The van der Waals surface area contributed by atoms with Crippen molar-refractivity contribution < 1.29 is 58.5 Å². The van der Waals surface area contributed by atoms with Gasteiger partial charge < -0.3 is 4.74 Å². The van der Waals surface area contributed by atoms with Crippen LogP contribution in [0.1, 0.15) is 0 Å². The Balaban J connectivity index is 3.79. The van der Waals surface area contributed by atoms with Crippen LogP contribution in [0.25, 0.3) is 0 Å². The standard InChI is InChI=1S/C11H2ClF10N3O5/c12-7(8(13,14)9(15,16)10(17,18)19)23-6-4(24(26)27)1-3(30-11(20,21)22)2-5(6)25(28)29/h1-2H. The number of hydrogen-bond donors (Lipinski definition) is 0. The van der Waals surface area contributed by atoms with Crippen LogP contribution in [0.4, 0.5) is 61.0 Å². The minimum absolute atomic E-state index is 0.233. The third-order valence-electron chi connectivity index (χ3n) is 2.89. The zero-order valence-electron chi connectivity index (χ0n) is 13.2. The molecule has 0 fully saturated rings. The first-order chi connectivity index (χ1) is 13.2. The lowest BCUT2D eigenvalue weighted by Gasteiger charge is -2.26. The largest absolute Gasteiger partial charge is 0.573 e. The fourth-order valence-corrected chi connectivity index (χ4v) is 1.84. The summed E-state index contributed by atoms with van der Waals surface area (Å²) in [5.41, 5.74) is -5.73. The van der Waals surface area contributed by atoms with Gasteiger partial charge in [0.1, 0.15) is 5.75 Å². The second-order valence-electron chi connectivity index (χ2n) is 4.92. The predicted octanol–water partition coefficient (Wildman–Crippen LogP) is 5.50. The number of nitrogens with zero attached hydrogens (tertiary/aromatic N) is 3. The van der Waals surface area contributed by atoms with Gasteiger partial charge in [-0.1, -0.05) is 11.6 Å². The third kappa shape index (κ3) is 4.97. The SMILES string of the molecule is O=[N+]([O-])c1cc(OC(F)(F)F)cc([N+](=O)[O-])c1N=C(Cl)C(F)(F)C(F)(F)C(F)(F)F. The second kappa shape index (κ2) is 7.73. The average Bonchev–Trinajstić information content (AvgIpc) is 2.52. The number of aliphatic imine (C=N–C) groups is 1. The van der Waals surface area contributed by atoms with E-state index in [0.717, 1.165) is 0 Å². The summed E-state index contributed by atoms with van der Waals surface area (Å²) in [4.78, 5) is 20.6. The van der Waals surface area contributed by atoms with Gasteiger partial charge >= 0.3 is 35.8 Å². The molecule has 0 atom stereocenters. The number of rotatable bonds is 6. The normalized spacial score (nSPS) is 13.9. The van der Waals surface area contributed by atoms with Crippen molar-refractivity contribution in [3.63, 3.8) is 0 Å². The van der Waals surface area contributed by atoms with Crippen molar-refractivity contribution in [2.75, 3.05) is 0 Å². The molecule has 0 aliphatic heterocycles. The van der Waals surface area contributed by atoms with Crippen molar-refractivity contribution in [2.45, 2.75) is 24.4 Å². The third-order valence-corrected chi connectivity index (χ3v) is 3.21. The topological polar surface area (TPSA) is 108 Å². The number of halogens is 11. The maximum atomic E-state index is 13.5. The molecule has 0 radical (unpaired) electrons. The van der Waals surface area contributed by atoms with E-state index in [1.54, 1.807) is 0 Å². The highest BCUT2D eigenvalue weighted by molar-refractivity contribution is 6.67. The van der Waals surface area contributed by atoms with E-state index < -0.39 is 62.2 Å². The van der Waals surface area contributed by atoms with E-state index in [4.69, 9.17) is 0 Å². The van der Waals surface area contributed by atoms with Crippen LogP contribution in [0.3, 0.4) is 0 Å². The van der Waals surface area contributed by atoms with Crippen LogP contribution in [0.5, 0.6) is 5.75 Å². The van der Waals surface area contributed by atoms with Gasteiger partial charge in [-0.15, -0.1) is 13.2 Å². The first-order valence-corrected chi connectivity index (χ1v) is 6.89. The molecule has 1 aromatic carbocycles. The van der Waals surface area contributed by atoms with E-state index >= 15 is 0 Å². The van der Waals surface area contributed by atoms with Crippen LogP contribution in [0.15, 0.2) is 17.1 Å². The summed E-state index contributed by atoms with van der Waals surface area (Å²) in [7, 11) is 0. The minimum Gasteiger partial charge on any atom is -0.405 e. The molecule has 0 bridgehead atoms. The molecule has 0 spiro atoms. The van der Waals surface area contributed by atoms with E-state index in [2.05, 4.69) is 21.3 Å². The van der Waals surface area contributed by atoms with Gasteiger partial charge in [0.2, 0.25) is 5.69 Å². The first-order valence-electron chi connectivity index (χ1n) is 6.52. The molecule has 0 aromatic heterocycles. The molecule has 0 aliphatic carbocycles. The molecule has 8 nitrogen and oxygen atoms in total. The summed E-state index contributed by atoms with van der Waals surface area (Å²) in [6.45, 7) is 0. The fraction of sp³-hybridized carbons (Fsp3) is 0.364. The number of alkyl halides is 10. The molecular weight excluding hydrogens is 480 g/mol. The molecule has 0 saturated carbocycles. The van der Waals surface area contributed by atoms with Gasteiger partial charge in [0.15, 0.2) is 5.17 Å². The molecule has 0 aliphatic rings. The number of hydrogen-bond acceptors (Lipinski definition) is 6. The van der Waals surface area contributed by atoms with Crippen molar-refractivity contribution in [1.82, 2.24) is 0 Å². The molecule has 0 amide bonds. The van der Waals surface area contributed by atoms with Gasteiger partial charge in [0.05, 0.1) is 22.0 Å². The average molecular weight is 482 g/mol. The van der Waals surface area contributed by atoms with Gasteiger partial charge in [-0.3, -0.25) is 20.2 Å². The highest BCUT2D eigenvalue weighted by atomic mass is 35.5. The maximum absolute atomic E-state index is 13.5. The molecule has 0 unspecified atom stereocenters. The quantitative estimate of drug-likeness (QED) is 0.231. The number of nitro groups is 2. The fourth-order valence-electron chi connectivity index (χ4n) is 1.64. The number of ether oxygens (including phenoxy) is 1.